The number of piperazine rings is 1. The van der Waals surface area contributed by atoms with Gasteiger partial charge in [0.15, 0.2) is 0 Å². The Labute approximate surface area is 189 Å². The summed E-state index contributed by atoms with van der Waals surface area (Å²) in [6.45, 7) is 9.41. The molecule has 172 valence electrons. The van der Waals surface area contributed by atoms with Crippen molar-refractivity contribution in [1.82, 2.24) is 15.1 Å². The maximum Gasteiger partial charge on any atom is 0.326 e. The van der Waals surface area contributed by atoms with Gasteiger partial charge in [0.2, 0.25) is 0 Å². The van der Waals surface area contributed by atoms with E-state index in [1.807, 2.05) is 11.0 Å². The zero-order chi connectivity index (χ0) is 23.1. The Morgan fingerprint density at radius 1 is 1.16 bits per heavy atom. The highest BCUT2D eigenvalue weighted by molar-refractivity contribution is 6.07. The monoisotopic (exact) mass is 441 g/mol. The van der Waals surface area contributed by atoms with E-state index in [-0.39, 0.29) is 29.6 Å². The highest BCUT2D eigenvalue weighted by Crippen LogP contribution is 2.43. The average Bonchev–Trinajstić information content (AvgIpc) is 2.97. The maximum absolute atomic E-state index is 14.0. The first-order chi connectivity index (χ1) is 15.1. The first kappa shape index (κ1) is 22.5. The van der Waals surface area contributed by atoms with Gasteiger partial charge in [0.1, 0.15) is 23.0 Å². The number of nitriles is 1. The number of hydrogen-bond acceptors (Lipinski definition) is 5. The number of carbonyl (C=O) groups excluding carboxylic acids is 2. The number of halogens is 1. The molecule has 3 fully saturated rings. The topological polar surface area (TPSA) is 79.7 Å². The normalized spacial score (nSPS) is 27.0. The second kappa shape index (κ2) is 8.36. The van der Waals surface area contributed by atoms with E-state index in [1.54, 1.807) is 12.1 Å². The van der Waals surface area contributed by atoms with Crippen LogP contribution >= 0.6 is 0 Å². The average molecular weight is 442 g/mol. The van der Waals surface area contributed by atoms with Crippen LogP contribution in [0, 0.1) is 28.5 Å². The lowest BCUT2D eigenvalue weighted by Gasteiger charge is -2.41. The third-order valence-corrected chi connectivity index (χ3v) is 7.47. The van der Waals surface area contributed by atoms with Crippen LogP contribution in [0.2, 0.25) is 0 Å². The third-order valence-electron chi connectivity index (χ3n) is 7.47. The van der Waals surface area contributed by atoms with E-state index in [2.05, 4.69) is 31.0 Å². The zero-order valence-corrected chi connectivity index (χ0v) is 19.2. The molecule has 1 aliphatic carbocycles. The molecule has 2 aliphatic heterocycles. The highest BCUT2D eigenvalue weighted by atomic mass is 19.1. The quantitative estimate of drug-likeness (QED) is 0.728. The molecule has 1 saturated carbocycles. The van der Waals surface area contributed by atoms with Crippen molar-refractivity contribution in [2.45, 2.75) is 52.0 Å². The number of nitrogens with one attached hydrogen (secondary N) is 1. The molecule has 0 bridgehead atoms. The van der Waals surface area contributed by atoms with Crippen molar-refractivity contribution in [3.05, 3.63) is 29.6 Å². The number of hydrogen-bond donors (Lipinski definition) is 1. The van der Waals surface area contributed by atoms with E-state index in [0.717, 1.165) is 12.8 Å². The van der Waals surface area contributed by atoms with Crippen molar-refractivity contribution in [3.8, 4) is 6.07 Å². The standard InChI is InChI=1S/C24H32FN5O2/c1-23(2,3)17-7-9-24(10-8-17)21(31)30(22(32)27-24)16-28-11-13-29(14-12-28)20-6-4-5-19(25)18(20)15-26/h4-6,17H,7-14,16H2,1-3H3,(H,27,32). The highest BCUT2D eigenvalue weighted by Gasteiger charge is 2.53. The fourth-order valence-electron chi connectivity index (χ4n) is 5.34. The van der Waals surface area contributed by atoms with E-state index >= 15 is 0 Å². The fraction of sp³-hybridized carbons (Fsp3) is 0.625. The molecule has 2 heterocycles. The Hall–Kier alpha value is -2.66. The molecule has 0 atom stereocenters. The minimum Gasteiger partial charge on any atom is -0.368 e. The largest absolute Gasteiger partial charge is 0.368 e. The van der Waals surface area contributed by atoms with E-state index in [0.29, 0.717) is 50.6 Å². The predicted octanol–water partition coefficient (Wildman–Crippen LogP) is 3.30. The van der Waals surface area contributed by atoms with Crippen molar-refractivity contribution < 1.29 is 14.0 Å². The number of imide groups is 1. The van der Waals surface area contributed by atoms with Gasteiger partial charge in [-0.05, 0) is 49.1 Å². The molecule has 1 N–H and O–H groups in total. The zero-order valence-electron chi connectivity index (χ0n) is 19.2. The van der Waals surface area contributed by atoms with Crippen LogP contribution in [0.1, 0.15) is 52.0 Å². The minimum atomic E-state index is -0.746. The van der Waals surface area contributed by atoms with E-state index in [9.17, 15) is 19.2 Å². The van der Waals surface area contributed by atoms with Crippen LogP contribution in [0.3, 0.4) is 0 Å². The summed E-state index contributed by atoms with van der Waals surface area (Å²) >= 11 is 0. The summed E-state index contributed by atoms with van der Waals surface area (Å²) in [6, 6.07) is 6.31. The number of urea groups is 1. The molecule has 1 aromatic rings. The number of benzene rings is 1. The Kier molecular flexibility index (Phi) is 5.89. The summed E-state index contributed by atoms with van der Waals surface area (Å²) in [5.41, 5.74) is 0.114. The molecule has 1 spiro atoms. The van der Waals surface area contributed by atoms with Crippen LogP contribution in [-0.2, 0) is 4.79 Å². The lowest BCUT2D eigenvalue weighted by Crippen LogP contribution is -2.53. The van der Waals surface area contributed by atoms with Crippen molar-refractivity contribution in [1.29, 1.82) is 5.26 Å². The van der Waals surface area contributed by atoms with Gasteiger partial charge in [-0.25, -0.2) is 14.1 Å². The molecule has 0 unspecified atom stereocenters. The molecular weight excluding hydrogens is 409 g/mol. The van der Waals surface area contributed by atoms with Crippen LogP contribution in [0.4, 0.5) is 14.9 Å². The van der Waals surface area contributed by atoms with Crippen LogP contribution in [0.5, 0.6) is 0 Å². The first-order valence-electron chi connectivity index (χ1n) is 11.4. The summed E-state index contributed by atoms with van der Waals surface area (Å²) in [7, 11) is 0. The second-order valence-electron chi connectivity index (χ2n) is 10.4. The summed E-state index contributed by atoms with van der Waals surface area (Å²) in [5.74, 6) is -0.0616. The Bertz CT molecular complexity index is 935. The lowest BCUT2D eigenvalue weighted by molar-refractivity contribution is -0.134. The number of rotatable bonds is 3. The number of amides is 3. The van der Waals surface area contributed by atoms with Gasteiger partial charge in [-0.1, -0.05) is 26.8 Å². The second-order valence-corrected chi connectivity index (χ2v) is 10.4. The molecule has 0 aromatic heterocycles. The van der Waals surface area contributed by atoms with Gasteiger partial charge in [-0.15, -0.1) is 0 Å². The van der Waals surface area contributed by atoms with Crippen molar-refractivity contribution in [2.75, 3.05) is 37.7 Å². The minimum absolute atomic E-state index is 0.0582. The third kappa shape index (κ3) is 4.06. The van der Waals surface area contributed by atoms with Crippen LogP contribution in [0.15, 0.2) is 18.2 Å². The molecule has 7 nitrogen and oxygen atoms in total. The van der Waals surface area contributed by atoms with Gasteiger partial charge >= 0.3 is 6.03 Å². The molecule has 2 saturated heterocycles. The molecule has 4 rings (SSSR count). The van der Waals surface area contributed by atoms with Crippen LogP contribution in [0.25, 0.3) is 0 Å². The van der Waals surface area contributed by atoms with E-state index in [1.165, 1.54) is 11.0 Å². The number of carbonyl (C=O) groups is 2. The van der Waals surface area contributed by atoms with Gasteiger partial charge in [-0.3, -0.25) is 9.69 Å². The molecule has 1 aromatic carbocycles. The lowest BCUT2D eigenvalue weighted by atomic mass is 9.67. The SMILES string of the molecule is CC(C)(C)C1CCC2(CC1)NC(=O)N(CN1CCN(c3cccc(F)c3C#N)CC1)C2=O. The smallest absolute Gasteiger partial charge is 0.326 e. The maximum atomic E-state index is 14.0. The molecule has 8 heteroatoms. The van der Waals surface area contributed by atoms with Gasteiger partial charge in [0.05, 0.1) is 12.4 Å². The Morgan fingerprint density at radius 2 is 1.81 bits per heavy atom. The van der Waals surface area contributed by atoms with E-state index < -0.39 is 11.4 Å². The van der Waals surface area contributed by atoms with Crippen molar-refractivity contribution in [2.24, 2.45) is 11.3 Å². The Balaban J connectivity index is 1.36. The molecule has 3 aliphatic rings. The summed E-state index contributed by atoms with van der Waals surface area (Å²) in [4.78, 5) is 31.4. The van der Waals surface area contributed by atoms with Gasteiger partial charge in [0, 0.05) is 26.2 Å². The van der Waals surface area contributed by atoms with Crippen LogP contribution in [-0.4, -0.2) is 60.1 Å². The fourth-order valence-corrected chi connectivity index (χ4v) is 5.34. The number of anilines is 1. The summed E-state index contributed by atoms with van der Waals surface area (Å²) in [5, 5.41) is 12.3. The predicted molar refractivity (Wildman–Crippen MR) is 119 cm³/mol. The summed E-state index contributed by atoms with van der Waals surface area (Å²) in [6.07, 6.45) is 3.27. The van der Waals surface area contributed by atoms with Crippen molar-refractivity contribution in [3.63, 3.8) is 0 Å². The van der Waals surface area contributed by atoms with Gasteiger partial charge in [0.25, 0.3) is 5.91 Å². The van der Waals surface area contributed by atoms with E-state index in [4.69, 9.17) is 0 Å². The summed E-state index contributed by atoms with van der Waals surface area (Å²) < 4.78 is 14.0. The molecule has 0 radical (unpaired) electrons. The number of nitrogens with zero attached hydrogens (tertiary/aromatic N) is 4. The van der Waals surface area contributed by atoms with Crippen molar-refractivity contribution >= 4 is 17.6 Å². The molecular formula is C24H32FN5O2. The molecule has 3 amide bonds. The first-order valence-corrected chi connectivity index (χ1v) is 11.4. The Morgan fingerprint density at radius 3 is 2.41 bits per heavy atom. The van der Waals surface area contributed by atoms with Gasteiger partial charge < -0.3 is 10.2 Å². The van der Waals surface area contributed by atoms with Crippen LogP contribution < -0.4 is 10.2 Å². The van der Waals surface area contributed by atoms with Gasteiger partial charge in [-0.2, -0.15) is 5.26 Å². The molecule has 32 heavy (non-hydrogen) atoms.